The molecule has 2 aromatic rings. The first-order chi connectivity index (χ1) is 9.47. The van der Waals surface area contributed by atoms with Crippen LogP contribution in [0.2, 0.25) is 0 Å². The van der Waals surface area contributed by atoms with Gasteiger partial charge in [0.2, 0.25) is 0 Å². The number of carboxylic acids is 1. The Morgan fingerprint density at radius 1 is 1.20 bits per heavy atom. The summed E-state index contributed by atoms with van der Waals surface area (Å²) in [5, 5.41) is 20.8. The predicted molar refractivity (Wildman–Crippen MR) is 72.0 cm³/mol. The minimum absolute atomic E-state index is 0.118. The number of carbonyl (C=O) groups is 2. The van der Waals surface area contributed by atoms with Crippen molar-refractivity contribution in [3.05, 3.63) is 53.3 Å². The minimum Gasteiger partial charge on any atom is -0.506 e. The van der Waals surface area contributed by atoms with E-state index in [9.17, 15) is 14.7 Å². The van der Waals surface area contributed by atoms with E-state index < -0.39 is 11.9 Å². The highest BCUT2D eigenvalue weighted by atomic mass is 16.4. The molecule has 0 aliphatic rings. The Morgan fingerprint density at radius 2 is 1.95 bits per heavy atom. The van der Waals surface area contributed by atoms with Gasteiger partial charge >= 0.3 is 5.97 Å². The molecule has 2 rings (SSSR count). The number of hydrogen-bond acceptors (Lipinski definition) is 4. The van der Waals surface area contributed by atoms with Gasteiger partial charge in [-0.15, -0.1) is 0 Å². The summed E-state index contributed by atoms with van der Waals surface area (Å²) in [5.41, 5.74) is 1.27. The van der Waals surface area contributed by atoms with Crippen LogP contribution in [0, 0.1) is 6.92 Å². The number of aromatic hydroxyl groups is 1. The van der Waals surface area contributed by atoms with Crippen molar-refractivity contribution in [2.75, 3.05) is 5.32 Å². The Balaban J connectivity index is 2.24. The fraction of sp³-hybridized carbons (Fsp3) is 0.0714. The van der Waals surface area contributed by atoms with Crippen LogP contribution in [0.5, 0.6) is 5.75 Å². The summed E-state index contributed by atoms with van der Waals surface area (Å²) in [5.74, 6) is -1.65. The lowest BCUT2D eigenvalue weighted by atomic mass is 10.1. The second kappa shape index (κ2) is 5.40. The maximum atomic E-state index is 11.9. The minimum atomic E-state index is -1.06. The van der Waals surface area contributed by atoms with E-state index in [0.717, 1.165) is 0 Å². The number of aryl methyl sites for hydroxylation is 1. The Hall–Kier alpha value is -2.89. The van der Waals surface area contributed by atoms with Crippen LogP contribution in [0.15, 0.2) is 36.7 Å². The number of nitrogens with one attached hydrogen (secondary N) is 1. The summed E-state index contributed by atoms with van der Waals surface area (Å²) in [6.45, 7) is 1.67. The molecular weight excluding hydrogens is 260 g/mol. The Labute approximate surface area is 114 Å². The van der Waals surface area contributed by atoms with Crippen LogP contribution in [0.25, 0.3) is 0 Å². The third-order valence-corrected chi connectivity index (χ3v) is 2.71. The highest BCUT2D eigenvalue weighted by Crippen LogP contribution is 2.17. The van der Waals surface area contributed by atoms with Gasteiger partial charge in [0.05, 0.1) is 17.3 Å². The molecule has 0 saturated carbocycles. The van der Waals surface area contributed by atoms with E-state index >= 15 is 0 Å². The highest BCUT2D eigenvalue weighted by molar-refractivity contribution is 6.04. The maximum absolute atomic E-state index is 11.9. The number of pyridine rings is 1. The normalized spacial score (nSPS) is 10.1. The van der Waals surface area contributed by atoms with Crippen LogP contribution in [-0.4, -0.2) is 27.1 Å². The summed E-state index contributed by atoms with van der Waals surface area (Å²) in [6, 6.07) is 5.87. The Morgan fingerprint density at radius 3 is 2.60 bits per heavy atom. The molecule has 102 valence electrons. The van der Waals surface area contributed by atoms with Gasteiger partial charge in [0.25, 0.3) is 5.91 Å². The first-order valence-electron chi connectivity index (χ1n) is 5.76. The monoisotopic (exact) mass is 272 g/mol. The van der Waals surface area contributed by atoms with Crippen molar-refractivity contribution in [3.63, 3.8) is 0 Å². The van der Waals surface area contributed by atoms with Crippen molar-refractivity contribution in [3.8, 4) is 5.75 Å². The van der Waals surface area contributed by atoms with Crippen molar-refractivity contribution in [1.29, 1.82) is 0 Å². The molecule has 3 N–H and O–H groups in total. The van der Waals surface area contributed by atoms with Crippen molar-refractivity contribution < 1.29 is 19.8 Å². The molecule has 0 aliphatic carbocycles. The highest BCUT2D eigenvalue weighted by Gasteiger charge is 2.11. The molecule has 1 aromatic heterocycles. The van der Waals surface area contributed by atoms with E-state index in [1.807, 2.05) is 0 Å². The lowest BCUT2D eigenvalue weighted by Gasteiger charge is -2.08. The van der Waals surface area contributed by atoms with Gasteiger partial charge in [-0.1, -0.05) is 6.07 Å². The van der Waals surface area contributed by atoms with Crippen LogP contribution in [0.4, 0.5) is 5.69 Å². The van der Waals surface area contributed by atoms with E-state index in [-0.39, 0.29) is 16.9 Å². The summed E-state index contributed by atoms with van der Waals surface area (Å²) in [7, 11) is 0. The van der Waals surface area contributed by atoms with Gasteiger partial charge in [-0.3, -0.25) is 9.78 Å². The molecule has 1 aromatic carbocycles. The molecule has 0 unspecified atom stereocenters. The van der Waals surface area contributed by atoms with E-state index in [1.165, 1.54) is 24.5 Å². The standard InChI is InChI=1S/C14H12N2O4/c1-8-2-3-10(5-12(8)14(19)20)16-13(18)9-4-11(17)7-15-6-9/h2-7,17H,1H3,(H,16,18)(H,19,20). The van der Waals surface area contributed by atoms with Gasteiger partial charge in [-0.05, 0) is 30.7 Å². The molecule has 6 nitrogen and oxygen atoms in total. The largest absolute Gasteiger partial charge is 0.506 e. The second-order valence-corrected chi connectivity index (χ2v) is 4.22. The van der Waals surface area contributed by atoms with Crippen molar-refractivity contribution in [2.24, 2.45) is 0 Å². The number of rotatable bonds is 3. The molecule has 0 spiro atoms. The fourth-order valence-electron chi connectivity index (χ4n) is 1.69. The SMILES string of the molecule is Cc1ccc(NC(=O)c2cncc(O)c2)cc1C(=O)O. The Bertz CT molecular complexity index is 683. The maximum Gasteiger partial charge on any atom is 0.336 e. The van der Waals surface area contributed by atoms with E-state index in [4.69, 9.17) is 5.11 Å². The summed E-state index contributed by atoms with van der Waals surface area (Å²) in [6.07, 6.45) is 2.52. The number of aromatic nitrogens is 1. The molecule has 6 heteroatoms. The van der Waals surface area contributed by atoms with Gasteiger partial charge in [0, 0.05) is 11.9 Å². The average molecular weight is 272 g/mol. The number of benzene rings is 1. The first kappa shape index (κ1) is 13.5. The van der Waals surface area contributed by atoms with Gasteiger partial charge in [0.1, 0.15) is 5.75 Å². The number of aromatic carboxylic acids is 1. The van der Waals surface area contributed by atoms with E-state index in [1.54, 1.807) is 19.1 Å². The molecule has 1 heterocycles. The van der Waals surface area contributed by atoms with Crippen LogP contribution >= 0.6 is 0 Å². The van der Waals surface area contributed by atoms with E-state index in [2.05, 4.69) is 10.3 Å². The van der Waals surface area contributed by atoms with Gasteiger partial charge in [-0.2, -0.15) is 0 Å². The first-order valence-corrected chi connectivity index (χ1v) is 5.76. The summed E-state index contributed by atoms with van der Waals surface area (Å²) >= 11 is 0. The number of amides is 1. The third-order valence-electron chi connectivity index (χ3n) is 2.71. The quantitative estimate of drug-likeness (QED) is 0.794. The smallest absolute Gasteiger partial charge is 0.336 e. The van der Waals surface area contributed by atoms with Crippen molar-refractivity contribution in [2.45, 2.75) is 6.92 Å². The van der Waals surface area contributed by atoms with Gasteiger partial charge in [-0.25, -0.2) is 4.79 Å². The average Bonchev–Trinajstić information content (AvgIpc) is 2.40. The topological polar surface area (TPSA) is 99.5 Å². The molecule has 0 bridgehead atoms. The molecular formula is C14H12N2O4. The zero-order valence-electron chi connectivity index (χ0n) is 10.6. The second-order valence-electron chi connectivity index (χ2n) is 4.22. The molecule has 0 saturated heterocycles. The van der Waals surface area contributed by atoms with Crippen molar-refractivity contribution in [1.82, 2.24) is 4.98 Å². The molecule has 0 atom stereocenters. The third kappa shape index (κ3) is 2.92. The lowest BCUT2D eigenvalue weighted by molar-refractivity contribution is 0.0695. The predicted octanol–water partition coefficient (Wildman–Crippen LogP) is 2.05. The van der Waals surface area contributed by atoms with E-state index in [0.29, 0.717) is 11.3 Å². The molecule has 0 radical (unpaired) electrons. The number of anilines is 1. The Kier molecular flexibility index (Phi) is 3.65. The lowest BCUT2D eigenvalue weighted by Crippen LogP contribution is -2.13. The molecule has 1 amide bonds. The fourth-order valence-corrected chi connectivity index (χ4v) is 1.69. The van der Waals surface area contributed by atoms with Gasteiger partial charge in [0.15, 0.2) is 0 Å². The molecule has 0 aliphatic heterocycles. The van der Waals surface area contributed by atoms with Crippen LogP contribution in [-0.2, 0) is 0 Å². The zero-order chi connectivity index (χ0) is 14.7. The number of carboxylic acid groups (broad SMARTS) is 1. The van der Waals surface area contributed by atoms with Crippen LogP contribution in [0.3, 0.4) is 0 Å². The van der Waals surface area contributed by atoms with Crippen LogP contribution < -0.4 is 5.32 Å². The number of nitrogens with zero attached hydrogens (tertiary/aromatic N) is 1. The number of carbonyl (C=O) groups excluding carboxylic acids is 1. The zero-order valence-corrected chi connectivity index (χ0v) is 10.6. The summed E-state index contributed by atoms with van der Waals surface area (Å²) < 4.78 is 0. The van der Waals surface area contributed by atoms with Crippen molar-refractivity contribution >= 4 is 17.6 Å². The summed E-state index contributed by atoms with van der Waals surface area (Å²) in [4.78, 5) is 26.6. The number of hydrogen-bond donors (Lipinski definition) is 3. The van der Waals surface area contributed by atoms with Gasteiger partial charge < -0.3 is 15.5 Å². The molecule has 0 fully saturated rings. The van der Waals surface area contributed by atoms with Crippen LogP contribution in [0.1, 0.15) is 26.3 Å². The molecule has 20 heavy (non-hydrogen) atoms.